The van der Waals surface area contributed by atoms with Crippen molar-refractivity contribution < 1.29 is 4.79 Å². The molecular weight excluding hydrogens is 296 g/mol. The van der Waals surface area contributed by atoms with Gasteiger partial charge < -0.3 is 10.6 Å². The molecule has 0 aromatic heterocycles. The van der Waals surface area contributed by atoms with E-state index >= 15 is 0 Å². The normalized spacial score (nSPS) is 24.2. The van der Waals surface area contributed by atoms with Crippen molar-refractivity contribution in [3.05, 3.63) is 29.3 Å². The molecule has 1 saturated heterocycles. The molecule has 130 valence electrons. The van der Waals surface area contributed by atoms with Crippen LogP contribution in [-0.4, -0.2) is 19.0 Å². The lowest BCUT2D eigenvalue weighted by Crippen LogP contribution is -2.44. The lowest BCUT2D eigenvalue weighted by molar-refractivity contribution is -0.121. The minimum Gasteiger partial charge on any atom is -0.325 e. The molecule has 2 fully saturated rings. The van der Waals surface area contributed by atoms with Crippen LogP contribution >= 0.6 is 0 Å². The number of amides is 1. The average Bonchev–Trinajstić information content (AvgIpc) is 2.83. The molecule has 4 rings (SSSR count). The van der Waals surface area contributed by atoms with E-state index in [2.05, 4.69) is 28.8 Å². The van der Waals surface area contributed by atoms with E-state index in [1.807, 2.05) is 0 Å². The van der Waals surface area contributed by atoms with Crippen LogP contribution in [0.15, 0.2) is 18.2 Å². The molecule has 1 amide bonds. The van der Waals surface area contributed by atoms with Crippen molar-refractivity contribution >= 4 is 11.6 Å². The van der Waals surface area contributed by atoms with Crippen LogP contribution in [0.3, 0.4) is 0 Å². The van der Waals surface area contributed by atoms with Gasteiger partial charge in [-0.2, -0.15) is 0 Å². The van der Waals surface area contributed by atoms with Gasteiger partial charge in [0.05, 0.1) is 5.41 Å². The van der Waals surface area contributed by atoms with E-state index < -0.39 is 0 Å². The van der Waals surface area contributed by atoms with Crippen molar-refractivity contribution in [3.63, 3.8) is 0 Å². The minimum absolute atomic E-state index is 0.224. The number of piperidine rings is 1. The highest BCUT2D eigenvalue weighted by Gasteiger charge is 2.47. The highest BCUT2D eigenvalue weighted by Crippen LogP contribution is 2.44. The molecule has 0 atom stereocenters. The highest BCUT2D eigenvalue weighted by atomic mass is 16.2. The van der Waals surface area contributed by atoms with Gasteiger partial charge in [-0.3, -0.25) is 4.79 Å². The summed E-state index contributed by atoms with van der Waals surface area (Å²) in [6.07, 6.45) is 12.8. The van der Waals surface area contributed by atoms with Crippen LogP contribution < -0.4 is 10.6 Å². The Morgan fingerprint density at radius 1 is 1.00 bits per heavy atom. The Bertz CT molecular complexity index is 596. The van der Waals surface area contributed by atoms with E-state index in [-0.39, 0.29) is 11.3 Å². The molecule has 3 nitrogen and oxygen atoms in total. The summed E-state index contributed by atoms with van der Waals surface area (Å²) in [6.45, 7) is 1.89. The van der Waals surface area contributed by atoms with Crippen LogP contribution in [0.2, 0.25) is 0 Å². The van der Waals surface area contributed by atoms with E-state index in [0.29, 0.717) is 0 Å². The van der Waals surface area contributed by atoms with Gasteiger partial charge in [0, 0.05) is 5.69 Å². The summed E-state index contributed by atoms with van der Waals surface area (Å²) in [5.41, 5.74) is 3.51. The summed E-state index contributed by atoms with van der Waals surface area (Å²) < 4.78 is 0. The first-order valence-electron chi connectivity index (χ1n) is 9.93. The number of nitrogens with one attached hydrogen (secondary N) is 2. The van der Waals surface area contributed by atoms with Gasteiger partial charge in [-0.1, -0.05) is 57.1 Å². The Balaban J connectivity index is 1.55. The fourth-order valence-corrected chi connectivity index (χ4v) is 5.02. The molecule has 0 radical (unpaired) electrons. The van der Waals surface area contributed by atoms with Crippen LogP contribution in [0.25, 0.3) is 0 Å². The SMILES string of the molecule is O=C1Nc2ccc(CC3CCCCCCC3)cc2C12CCNCC2. The number of benzene rings is 1. The van der Waals surface area contributed by atoms with Crippen LogP contribution in [-0.2, 0) is 16.6 Å². The molecular formula is C21H30N2O. The third kappa shape index (κ3) is 2.99. The number of rotatable bonds is 2. The van der Waals surface area contributed by atoms with E-state index in [9.17, 15) is 4.79 Å². The summed E-state index contributed by atoms with van der Waals surface area (Å²) in [5, 5.41) is 6.54. The van der Waals surface area contributed by atoms with Gasteiger partial charge >= 0.3 is 0 Å². The predicted molar refractivity (Wildman–Crippen MR) is 98.4 cm³/mol. The second kappa shape index (κ2) is 6.87. The zero-order valence-electron chi connectivity index (χ0n) is 14.7. The largest absolute Gasteiger partial charge is 0.325 e. The summed E-state index contributed by atoms with van der Waals surface area (Å²) in [7, 11) is 0. The summed E-state index contributed by atoms with van der Waals surface area (Å²) in [6, 6.07) is 6.76. The smallest absolute Gasteiger partial charge is 0.235 e. The molecule has 3 heteroatoms. The molecule has 1 aromatic carbocycles. The second-order valence-electron chi connectivity index (χ2n) is 8.08. The Morgan fingerprint density at radius 2 is 1.71 bits per heavy atom. The fraction of sp³-hybridized carbons (Fsp3) is 0.667. The molecule has 2 aliphatic heterocycles. The first-order chi connectivity index (χ1) is 11.8. The van der Waals surface area contributed by atoms with Crippen molar-refractivity contribution in [2.24, 2.45) is 5.92 Å². The van der Waals surface area contributed by atoms with Crippen LogP contribution in [0.1, 0.15) is 68.9 Å². The number of fused-ring (bicyclic) bond motifs is 2. The number of carbonyl (C=O) groups is 1. The van der Waals surface area contributed by atoms with Gasteiger partial charge in [0.1, 0.15) is 0 Å². The fourth-order valence-electron chi connectivity index (χ4n) is 5.02. The molecule has 1 aliphatic carbocycles. The van der Waals surface area contributed by atoms with E-state index in [0.717, 1.165) is 37.5 Å². The molecule has 24 heavy (non-hydrogen) atoms. The van der Waals surface area contributed by atoms with Gasteiger partial charge in [-0.15, -0.1) is 0 Å². The average molecular weight is 326 g/mol. The molecule has 2 heterocycles. The Labute approximate surface area is 145 Å². The van der Waals surface area contributed by atoms with Gasteiger partial charge in [0.15, 0.2) is 0 Å². The third-order valence-electron chi connectivity index (χ3n) is 6.49. The zero-order chi connectivity index (χ0) is 16.4. The van der Waals surface area contributed by atoms with Crippen molar-refractivity contribution in [1.82, 2.24) is 5.32 Å². The second-order valence-corrected chi connectivity index (χ2v) is 8.08. The highest BCUT2D eigenvalue weighted by molar-refractivity contribution is 6.06. The molecule has 0 unspecified atom stereocenters. The molecule has 3 aliphatic rings. The molecule has 0 bridgehead atoms. The molecule has 2 N–H and O–H groups in total. The summed E-state index contributed by atoms with van der Waals surface area (Å²) in [4.78, 5) is 12.7. The number of anilines is 1. The van der Waals surface area contributed by atoms with E-state index in [1.165, 1.54) is 62.5 Å². The quantitative estimate of drug-likeness (QED) is 0.856. The van der Waals surface area contributed by atoms with E-state index in [1.54, 1.807) is 0 Å². The first kappa shape index (κ1) is 16.1. The molecule has 1 spiro atoms. The number of hydrogen-bond acceptors (Lipinski definition) is 2. The maximum absolute atomic E-state index is 12.7. The first-order valence-corrected chi connectivity index (χ1v) is 9.93. The number of hydrogen-bond donors (Lipinski definition) is 2. The maximum Gasteiger partial charge on any atom is 0.235 e. The Morgan fingerprint density at radius 3 is 2.46 bits per heavy atom. The topological polar surface area (TPSA) is 41.1 Å². The van der Waals surface area contributed by atoms with Crippen LogP contribution in [0, 0.1) is 5.92 Å². The van der Waals surface area contributed by atoms with Crippen molar-refractivity contribution in [3.8, 4) is 0 Å². The standard InChI is InChI=1S/C21H30N2O/c24-20-21(10-12-22-13-11-21)18-15-17(8-9-19(18)23-20)14-16-6-4-2-1-3-5-7-16/h8-9,15-16,22H,1-7,10-14H2,(H,23,24). The predicted octanol–water partition coefficient (Wildman–Crippen LogP) is 4.16. The van der Waals surface area contributed by atoms with Gasteiger partial charge in [0.25, 0.3) is 0 Å². The van der Waals surface area contributed by atoms with Gasteiger partial charge in [-0.05, 0) is 55.5 Å². The van der Waals surface area contributed by atoms with Crippen LogP contribution in [0.4, 0.5) is 5.69 Å². The third-order valence-corrected chi connectivity index (χ3v) is 6.49. The molecule has 1 saturated carbocycles. The Kier molecular flexibility index (Phi) is 4.62. The van der Waals surface area contributed by atoms with Crippen LogP contribution in [0.5, 0.6) is 0 Å². The maximum atomic E-state index is 12.7. The lowest BCUT2D eigenvalue weighted by Gasteiger charge is -2.32. The lowest BCUT2D eigenvalue weighted by atomic mass is 9.73. The van der Waals surface area contributed by atoms with Crippen molar-refractivity contribution in [1.29, 1.82) is 0 Å². The van der Waals surface area contributed by atoms with Gasteiger partial charge in [-0.25, -0.2) is 0 Å². The van der Waals surface area contributed by atoms with Crippen molar-refractivity contribution in [2.75, 3.05) is 18.4 Å². The minimum atomic E-state index is -0.266. The summed E-state index contributed by atoms with van der Waals surface area (Å²) >= 11 is 0. The number of carbonyl (C=O) groups excluding carboxylic acids is 1. The summed E-state index contributed by atoms with van der Waals surface area (Å²) in [5.74, 6) is 1.06. The zero-order valence-corrected chi connectivity index (χ0v) is 14.7. The molecule has 1 aromatic rings. The monoisotopic (exact) mass is 326 g/mol. The Hall–Kier alpha value is -1.35. The van der Waals surface area contributed by atoms with E-state index in [4.69, 9.17) is 0 Å². The van der Waals surface area contributed by atoms with Gasteiger partial charge in [0.2, 0.25) is 5.91 Å². The van der Waals surface area contributed by atoms with Crippen molar-refractivity contribution in [2.45, 2.75) is 69.6 Å².